The van der Waals surface area contributed by atoms with Gasteiger partial charge in [0.25, 0.3) is 5.91 Å². The van der Waals surface area contributed by atoms with E-state index in [1.165, 1.54) is 35.3 Å². The number of nitrogens with one attached hydrogen (secondary N) is 2. The fourth-order valence-electron chi connectivity index (χ4n) is 3.76. The van der Waals surface area contributed by atoms with Crippen LogP contribution in [0.5, 0.6) is 0 Å². The van der Waals surface area contributed by atoms with E-state index in [0.717, 1.165) is 5.56 Å². The number of carbonyl (C=O) groups is 2. The number of esters is 1. The summed E-state index contributed by atoms with van der Waals surface area (Å²) in [6, 6.07) is 14.2. The number of carbonyl (C=O) groups excluding carboxylic acids is 2. The van der Waals surface area contributed by atoms with E-state index < -0.39 is 23.8 Å². The van der Waals surface area contributed by atoms with Crippen LogP contribution in [-0.2, 0) is 16.1 Å². The number of rotatable bonds is 10. The second-order valence-corrected chi connectivity index (χ2v) is 10.2. The summed E-state index contributed by atoms with van der Waals surface area (Å²) in [6.07, 6.45) is -1.52. The van der Waals surface area contributed by atoms with Gasteiger partial charge >= 0.3 is 5.97 Å². The van der Waals surface area contributed by atoms with E-state index in [1.54, 1.807) is 24.3 Å². The van der Waals surface area contributed by atoms with Gasteiger partial charge in [-0.1, -0.05) is 66.5 Å². The Morgan fingerprint density at radius 3 is 2.59 bits per heavy atom. The number of aliphatic hydroxyl groups excluding tert-OH is 1. The van der Waals surface area contributed by atoms with Gasteiger partial charge in [0.2, 0.25) is 0 Å². The number of amides is 1. The molecule has 0 spiro atoms. The van der Waals surface area contributed by atoms with E-state index >= 15 is 0 Å². The van der Waals surface area contributed by atoms with Crippen LogP contribution < -0.4 is 5.43 Å². The van der Waals surface area contributed by atoms with Crippen LogP contribution in [-0.4, -0.2) is 56.7 Å². The van der Waals surface area contributed by atoms with Gasteiger partial charge in [0.15, 0.2) is 6.10 Å². The molecule has 1 unspecified atom stereocenters. The van der Waals surface area contributed by atoms with Crippen LogP contribution in [0.15, 0.2) is 54.6 Å². The Labute approximate surface area is 233 Å². The van der Waals surface area contributed by atoms with Crippen LogP contribution in [0.4, 0.5) is 4.39 Å². The molecule has 4 rings (SSSR count). The number of hydrogen-bond donors (Lipinski definition) is 3. The lowest BCUT2D eigenvalue weighted by atomic mass is 10.0. The monoisotopic (exact) mass is 573 g/mol. The van der Waals surface area contributed by atoms with Gasteiger partial charge in [-0.15, -0.1) is 5.10 Å². The Kier molecular flexibility index (Phi) is 9.13. The number of aromatic nitrogens is 3. The first-order chi connectivity index (χ1) is 18.6. The van der Waals surface area contributed by atoms with Crippen LogP contribution in [0.3, 0.4) is 0 Å². The van der Waals surface area contributed by atoms with Crippen LogP contribution in [0.25, 0.3) is 22.2 Å². The maximum Gasteiger partial charge on any atom is 0.336 e. The lowest BCUT2D eigenvalue weighted by Gasteiger charge is -2.25. The number of aromatic amines is 1. The van der Waals surface area contributed by atoms with Gasteiger partial charge in [0.1, 0.15) is 11.3 Å². The molecule has 1 atom stereocenters. The molecular weight excluding hydrogens is 548 g/mol. The summed E-state index contributed by atoms with van der Waals surface area (Å²) in [6.45, 7) is 3.76. The molecule has 9 nitrogen and oxygen atoms in total. The molecule has 0 aliphatic rings. The lowest BCUT2D eigenvalue weighted by molar-refractivity contribution is -0.156. The topological polar surface area (TPSA) is 120 Å². The van der Waals surface area contributed by atoms with Gasteiger partial charge in [0, 0.05) is 22.7 Å². The zero-order valence-electron chi connectivity index (χ0n) is 21.1. The lowest BCUT2D eigenvalue weighted by Crippen LogP contribution is -2.47. The van der Waals surface area contributed by atoms with Gasteiger partial charge in [-0.2, -0.15) is 0 Å². The van der Waals surface area contributed by atoms with Crippen LogP contribution in [0.1, 0.15) is 29.8 Å². The quantitative estimate of drug-likeness (QED) is 0.184. The van der Waals surface area contributed by atoms with Gasteiger partial charge in [-0.3, -0.25) is 15.3 Å². The van der Waals surface area contributed by atoms with Gasteiger partial charge < -0.3 is 9.84 Å². The fourth-order valence-corrected chi connectivity index (χ4v) is 4.19. The maximum absolute atomic E-state index is 14.3. The largest absolute Gasteiger partial charge is 0.463 e. The normalized spacial score (nSPS) is 12.2. The highest BCUT2D eigenvalue weighted by atomic mass is 35.5. The second-order valence-electron chi connectivity index (χ2n) is 9.35. The molecular formula is C27H26Cl2FN5O4. The van der Waals surface area contributed by atoms with Crippen LogP contribution >= 0.6 is 23.2 Å². The Hall–Kier alpha value is -3.57. The Morgan fingerprint density at radius 1 is 1.13 bits per heavy atom. The highest BCUT2D eigenvalue weighted by molar-refractivity contribution is 6.35. The number of nitrogens with zero attached hydrogens (tertiary/aromatic N) is 3. The summed E-state index contributed by atoms with van der Waals surface area (Å²) < 4.78 is 19.4. The van der Waals surface area contributed by atoms with E-state index in [9.17, 15) is 19.1 Å². The van der Waals surface area contributed by atoms with Crippen molar-refractivity contribution in [2.75, 3.05) is 13.2 Å². The smallest absolute Gasteiger partial charge is 0.336 e. The van der Waals surface area contributed by atoms with Gasteiger partial charge in [-0.25, -0.2) is 14.2 Å². The van der Waals surface area contributed by atoms with E-state index in [0.29, 0.717) is 27.2 Å². The minimum atomic E-state index is -1.52. The number of hydrogen-bond acceptors (Lipinski definition) is 7. The van der Waals surface area contributed by atoms with E-state index in [1.807, 2.05) is 13.8 Å². The third-order valence-corrected chi connectivity index (χ3v) is 6.22. The van der Waals surface area contributed by atoms with Gasteiger partial charge in [-0.05, 0) is 47.4 Å². The van der Waals surface area contributed by atoms with Crippen molar-refractivity contribution < 1.29 is 23.8 Å². The predicted molar refractivity (Wildman–Crippen MR) is 145 cm³/mol. The predicted octanol–water partition coefficient (Wildman–Crippen LogP) is 4.78. The first kappa shape index (κ1) is 28.4. The molecule has 0 fully saturated rings. The van der Waals surface area contributed by atoms with E-state index in [-0.39, 0.29) is 36.2 Å². The van der Waals surface area contributed by atoms with E-state index in [2.05, 4.69) is 20.8 Å². The van der Waals surface area contributed by atoms with Crippen molar-refractivity contribution in [1.29, 1.82) is 0 Å². The summed E-state index contributed by atoms with van der Waals surface area (Å²) in [5, 5.41) is 22.8. The highest BCUT2D eigenvalue weighted by Crippen LogP contribution is 2.27. The number of benzene rings is 3. The van der Waals surface area contributed by atoms with Crippen LogP contribution in [0.2, 0.25) is 10.0 Å². The standard InChI is InChI=1S/C27H26Cl2FN5O4/c1-15(2)14-39-27(38)24(36)13-35(33-26(37)18-9-21(29)25-23(10-18)31-34-32-25)12-16-3-5-17(6-4-16)20-11-19(28)7-8-22(20)30/h3-11,15,24,36H,12-14H2,1-2H3,(H,33,37)(H,31,32,34). The average molecular weight is 574 g/mol. The van der Waals surface area contributed by atoms with Crippen molar-refractivity contribution >= 4 is 46.1 Å². The SMILES string of the molecule is CC(C)COC(=O)C(O)CN(Cc1ccc(-c2cc(Cl)ccc2F)cc1)NC(=O)c1cc(Cl)c2nn[nH]c2c1. The van der Waals surface area contributed by atoms with Crippen LogP contribution in [0, 0.1) is 11.7 Å². The zero-order chi connectivity index (χ0) is 28.1. The summed E-state index contributed by atoms with van der Waals surface area (Å²) in [7, 11) is 0. The molecule has 3 aromatic carbocycles. The second kappa shape index (κ2) is 12.5. The number of hydrazine groups is 1. The van der Waals surface area contributed by atoms with Crippen molar-refractivity contribution in [2.45, 2.75) is 26.5 Å². The van der Waals surface area contributed by atoms with Gasteiger partial charge in [0.05, 0.1) is 23.7 Å². The molecule has 204 valence electrons. The first-order valence-corrected chi connectivity index (χ1v) is 12.8. The molecule has 1 aromatic heterocycles. The molecule has 12 heteroatoms. The minimum Gasteiger partial charge on any atom is -0.463 e. The van der Waals surface area contributed by atoms with E-state index in [4.69, 9.17) is 27.9 Å². The number of aliphatic hydroxyl groups is 1. The Bertz CT molecular complexity index is 1480. The molecule has 0 aliphatic carbocycles. The third-order valence-electron chi connectivity index (χ3n) is 5.70. The van der Waals surface area contributed by atoms with Crippen molar-refractivity contribution in [1.82, 2.24) is 25.8 Å². The van der Waals surface area contributed by atoms with Crippen molar-refractivity contribution in [3.05, 3.63) is 81.6 Å². The number of H-pyrrole nitrogens is 1. The molecule has 4 aromatic rings. The van der Waals surface area contributed by atoms with Crippen molar-refractivity contribution in [3.8, 4) is 11.1 Å². The molecule has 1 heterocycles. The zero-order valence-corrected chi connectivity index (χ0v) is 22.6. The summed E-state index contributed by atoms with van der Waals surface area (Å²) in [4.78, 5) is 25.4. The fraction of sp³-hybridized carbons (Fsp3) is 0.259. The molecule has 0 saturated carbocycles. The summed E-state index contributed by atoms with van der Waals surface area (Å²) >= 11 is 12.3. The number of ether oxygens (including phenoxy) is 1. The number of halogens is 3. The van der Waals surface area contributed by atoms with Crippen molar-refractivity contribution in [3.63, 3.8) is 0 Å². The molecule has 0 radical (unpaired) electrons. The molecule has 1 amide bonds. The van der Waals surface area contributed by atoms with Crippen molar-refractivity contribution in [2.24, 2.45) is 5.92 Å². The number of fused-ring (bicyclic) bond motifs is 1. The molecule has 39 heavy (non-hydrogen) atoms. The first-order valence-electron chi connectivity index (χ1n) is 12.1. The summed E-state index contributed by atoms with van der Waals surface area (Å²) in [5.74, 6) is -1.65. The Balaban J connectivity index is 1.54. The maximum atomic E-state index is 14.3. The third kappa shape index (κ3) is 7.30. The molecule has 0 aliphatic heterocycles. The average Bonchev–Trinajstić information content (AvgIpc) is 3.38. The Morgan fingerprint density at radius 2 is 1.87 bits per heavy atom. The molecule has 0 saturated heterocycles. The summed E-state index contributed by atoms with van der Waals surface area (Å²) in [5.41, 5.74) is 5.51. The minimum absolute atomic E-state index is 0.0939. The highest BCUT2D eigenvalue weighted by Gasteiger charge is 2.23. The molecule has 0 bridgehead atoms. The molecule has 3 N–H and O–H groups in total.